The van der Waals surface area contributed by atoms with E-state index in [0.29, 0.717) is 0 Å². The zero-order valence-corrected chi connectivity index (χ0v) is 13.9. The Bertz CT molecular complexity index is 1090. The lowest BCUT2D eigenvalue weighted by molar-refractivity contribution is -0.646. The maximum Gasteiger partial charge on any atom is 0.214 e. The molecule has 2 heterocycles. The van der Waals surface area contributed by atoms with Crippen LogP contribution in [0, 0.1) is 6.92 Å². The summed E-state index contributed by atoms with van der Waals surface area (Å²) in [7, 11) is 2.07. The summed E-state index contributed by atoms with van der Waals surface area (Å²) < 4.78 is 2.17. The fraction of sp³-hybridized carbons (Fsp3) is 0.0952. The van der Waals surface area contributed by atoms with Crippen LogP contribution < -0.4 is 10.3 Å². The maximum atomic E-state index is 6.24. The lowest BCUT2D eigenvalue weighted by Crippen LogP contribution is -2.33. The van der Waals surface area contributed by atoms with Crippen LogP contribution in [-0.4, -0.2) is 4.98 Å². The van der Waals surface area contributed by atoms with Crippen molar-refractivity contribution in [3.63, 3.8) is 0 Å². The number of rotatable bonds is 2. The summed E-state index contributed by atoms with van der Waals surface area (Å²) in [6, 6.07) is 18.6. The second kappa shape index (κ2) is 5.53. The Balaban J connectivity index is 1.85. The first kappa shape index (κ1) is 14.5. The standard InChI is InChI=1S/C21H19N3/c1-14-16(17-7-3-5-9-20(17)23-14)12-11-15-13-19(22)18-8-4-6-10-21(18)24(15)2/h3-13H,1-2H3,(H2,22,23)/p+1. The van der Waals surface area contributed by atoms with Crippen molar-refractivity contribution in [1.29, 1.82) is 0 Å². The van der Waals surface area contributed by atoms with Gasteiger partial charge in [0.2, 0.25) is 11.2 Å². The van der Waals surface area contributed by atoms with Gasteiger partial charge in [-0.15, -0.1) is 0 Å². The molecule has 0 unspecified atom stereocenters. The van der Waals surface area contributed by atoms with Crippen molar-refractivity contribution < 1.29 is 4.57 Å². The van der Waals surface area contributed by atoms with Gasteiger partial charge in [0, 0.05) is 40.4 Å². The molecule has 4 rings (SSSR count). The molecule has 4 aromatic rings. The van der Waals surface area contributed by atoms with Crippen molar-refractivity contribution in [1.82, 2.24) is 4.98 Å². The molecule has 0 saturated carbocycles. The number of nitrogens with one attached hydrogen (secondary N) is 1. The first-order valence-corrected chi connectivity index (χ1v) is 8.08. The van der Waals surface area contributed by atoms with E-state index in [1.165, 1.54) is 16.6 Å². The third kappa shape index (κ3) is 2.26. The number of hydrogen-bond acceptors (Lipinski definition) is 1. The number of benzene rings is 2. The molecule has 2 aromatic heterocycles. The van der Waals surface area contributed by atoms with Gasteiger partial charge < -0.3 is 10.7 Å². The van der Waals surface area contributed by atoms with E-state index in [4.69, 9.17) is 5.73 Å². The Labute approximate surface area is 141 Å². The van der Waals surface area contributed by atoms with Crippen LogP contribution in [0.5, 0.6) is 0 Å². The van der Waals surface area contributed by atoms with E-state index in [9.17, 15) is 0 Å². The summed E-state index contributed by atoms with van der Waals surface area (Å²) in [6.07, 6.45) is 4.29. The molecule has 0 radical (unpaired) electrons. The van der Waals surface area contributed by atoms with Crippen LogP contribution in [0.3, 0.4) is 0 Å². The number of nitrogens with two attached hydrogens (primary N) is 1. The van der Waals surface area contributed by atoms with Crippen molar-refractivity contribution in [3.05, 3.63) is 71.5 Å². The highest BCUT2D eigenvalue weighted by atomic mass is 14.9. The lowest BCUT2D eigenvalue weighted by atomic mass is 10.1. The number of pyridine rings is 1. The van der Waals surface area contributed by atoms with Crippen LogP contribution in [-0.2, 0) is 7.05 Å². The van der Waals surface area contributed by atoms with E-state index in [1.54, 1.807) is 0 Å². The predicted octanol–water partition coefficient (Wildman–Crippen LogP) is 4.21. The molecule has 0 aliphatic heterocycles. The van der Waals surface area contributed by atoms with Gasteiger partial charge in [-0.05, 0) is 25.1 Å². The molecule has 118 valence electrons. The average Bonchev–Trinajstić information content (AvgIpc) is 2.92. The number of aromatic amines is 1. The zero-order valence-electron chi connectivity index (χ0n) is 13.9. The van der Waals surface area contributed by atoms with Crippen molar-refractivity contribution in [2.45, 2.75) is 6.92 Å². The van der Waals surface area contributed by atoms with Gasteiger partial charge in [-0.25, -0.2) is 0 Å². The Kier molecular flexibility index (Phi) is 3.35. The van der Waals surface area contributed by atoms with Gasteiger partial charge in [0.1, 0.15) is 7.05 Å². The highest BCUT2D eigenvalue weighted by Gasteiger charge is 2.13. The Hall–Kier alpha value is -3.07. The third-order valence-electron chi connectivity index (χ3n) is 4.63. The molecule has 3 N–H and O–H groups in total. The van der Waals surface area contributed by atoms with Gasteiger partial charge in [0.15, 0.2) is 0 Å². The van der Waals surface area contributed by atoms with Gasteiger partial charge in [-0.1, -0.05) is 30.3 Å². The molecule has 0 aliphatic carbocycles. The smallest absolute Gasteiger partial charge is 0.214 e. The SMILES string of the molecule is Cc1[nH]c2ccccc2c1/C=C/c1cc(N)c2ccccc2[n+]1C. The fourth-order valence-electron chi connectivity index (χ4n) is 3.32. The first-order chi connectivity index (χ1) is 11.6. The van der Waals surface area contributed by atoms with Gasteiger partial charge in [0.25, 0.3) is 0 Å². The van der Waals surface area contributed by atoms with Crippen LogP contribution in [0.2, 0.25) is 0 Å². The number of fused-ring (bicyclic) bond motifs is 2. The summed E-state index contributed by atoms with van der Waals surface area (Å²) in [5.41, 5.74) is 12.8. The quantitative estimate of drug-likeness (QED) is 0.535. The molecule has 3 heteroatoms. The van der Waals surface area contributed by atoms with Crippen LogP contribution in [0.1, 0.15) is 17.0 Å². The number of anilines is 1. The van der Waals surface area contributed by atoms with Gasteiger partial charge in [-0.3, -0.25) is 0 Å². The van der Waals surface area contributed by atoms with Crippen molar-refractivity contribution >= 4 is 39.6 Å². The molecule has 0 amide bonds. The monoisotopic (exact) mass is 314 g/mol. The van der Waals surface area contributed by atoms with Crippen LogP contribution >= 0.6 is 0 Å². The van der Waals surface area contributed by atoms with Gasteiger partial charge in [0.05, 0.1) is 11.1 Å². The Morgan fingerprint density at radius 2 is 1.67 bits per heavy atom. The Morgan fingerprint density at radius 1 is 0.958 bits per heavy atom. The summed E-state index contributed by atoms with van der Waals surface area (Å²) in [4.78, 5) is 3.44. The number of nitrogens with zero attached hydrogens (tertiary/aromatic N) is 1. The molecule has 2 aromatic carbocycles. The topological polar surface area (TPSA) is 45.7 Å². The molecular weight excluding hydrogens is 294 g/mol. The molecule has 0 bridgehead atoms. The average molecular weight is 314 g/mol. The van der Waals surface area contributed by atoms with Crippen LogP contribution in [0.25, 0.3) is 34.0 Å². The fourth-order valence-corrected chi connectivity index (χ4v) is 3.32. The summed E-state index contributed by atoms with van der Waals surface area (Å²) >= 11 is 0. The number of hydrogen-bond donors (Lipinski definition) is 2. The Morgan fingerprint density at radius 3 is 2.50 bits per heavy atom. The van der Waals surface area contributed by atoms with E-state index in [1.807, 2.05) is 18.2 Å². The number of H-pyrrole nitrogens is 1. The highest BCUT2D eigenvalue weighted by Crippen LogP contribution is 2.24. The summed E-state index contributed by atoms with van der Waals surface area (Å²) in [6.45, 7) is 2.11. The van der Waals surface area contributed by atoms with Gasteiger partial charge in [-0.2, -0.15) is 4.57 Å². The molecule has 24 heavy (non-hydrogen) atoms. The molecule has 0 fully saturated rings. The number of nitrogen functional groups attached to an aromatic ring is 1. The normalized spacial score (nSPS) is 11.8. The summed E-state index contributed by atoms with van der Waals surface area (Å²) in [5.74, 6) is 0. The maximum absolute atomic E-state index is 6.24. The summed E-state index contributed by atoms with van der Waals surface area (Å²) in [5, 5.41) is 2.32. The van der Waals surface area contributed by atoms with E-state index < -0.39 is 0 Å². The second-order valence-electron chi connectivity index (χ2n) is 6.14. The molecule has 0 spiro atoms. The van der Waals surface area contributed by atoms with E-state index in [-0.39, 0.29) is 0 Å². The largest absolute Gasteiger partial charge is 0.398 e. The minimum absolute atomic E-state index is 0.805. The van der Waals surface area contributed by atoms with E-state index >= 15 is 0 Å². The van der Waals surface area contributed by atoms with Crippen LogP contribution in [0.4, 0.5) is 5.69 Å². The zero-order chi connectivity index (χ0) is 16.7. The molecule has 0 saturated heterocycles. The van der Waals surface area contributed by atoms with Crippen molar-refractivity contribution in [3.8, 4) is 0 Å². The van der Waals surface area contributed by atoms with E-state index in [2.05, 4.69) is 72.1 Å². The number of para-hydroxylation sites is 2. The molecular formula is C21H20N3+. The molecule has 3 nitrogen and oxygen atoms in total. The predicted molar refractivity (Wildman–Crippen MR) is 102 cm³/mol. The van der Waals surface area contributed by atoms with Crippen molar-refractivity contribution in [2.24, 2.45) is 7.05 Å². The van der Waals surface area contributed by atoms with E-state index in [0.717, 1.165) is 27.8 Å². The minimum atomic E-state index is 0.805. The number of aryl methyl sites for hydroxylation is 2. The minimum Gasteiger partial charge on any atom is -0.398 e. The molecule has 0 atom stereocenters. The number of aromatic nitrogens is 2. The van der Waals surface area contributed by atoms with Crippen LogP contribution in [0.15, 0.2) is 54.6 Å². The van der Waals surface area contributed by atoms with Crippen molar-refractivity contribution in [2.75, 3.05) is 5.73 Å². The highest BCUT2D eigenvalue weighted by molar-refractivity contribution is 5.93. The lowest BCUT2D eigenvalue weighted by Gasteiger charge is -2.03. The first-order valence-electron chi connectivity index (χ1n) is 8.08. The second-order valence-corrected chi connectivity index (χ2v) is 6.14. The molecule has 0 aliphatic rings. The third-order valence-corrected chi connectivity index (χ3v) is 4.63. The van der Waals surface area contributed by atoms with Gasteiger partial charge >= 0.3 is 0 Å².